The van der Waals surface area contributed by atoms with Gasteiger partial charge in [-0.15, -0.1) is 10.2 Å². The van der Waals surface area contributed by atoms with E-state index < -0.39 is 10.0 Å². The second-order valence-corrected chi connectivity index (χ2v) is 7.96. The average Bonchev–Trinajstić information content (AvgIpc) is 3.37. The number of sulfonamides is 1. The van der Waals surface area contributed by atoms with Crippen LogP contribution in [0.1, 0.15) is 11.6 Å². The zero-order chi connectivity index (χ0) is 21.3. The summed E-state index contributed by atoms with van der Waals surface area (Å²) in [5.41, 5.74) is 1.06. The Morgan fingerprint density at radius 1 is 1.17 bits per heavy atom. The van der Waals surface area contributed by atoms with E-state index in [1.807, 2.05) is 0 Å². The molecule has 156 valence electrons. The molecule has 12 heteroatoms. The maximum Gasteiger partial charge on any atom is 0.261 e. The van der Waals surface area contributed by atoms with Crippen LogP contribution in [-0.4, -0.2) is 47.4 Å². The number of pyridine rings is 1. The summed E-state index contributed by atoms with van der Waals surface area (Å²) in [5.74, 6) is 1.77. The molecule has 0 spiro atoms. The molecule has 4 aromatic rings. The van der Waals surface area contributed by atoms with Gasteiger partial charge in [-0.1, -0.05) is 5.16 Å². The van der Waals surface area contributed by atoms with Crippen molar-refractivity contribution < 1.29 is 22.4 Å². The Balaban J connectivity index is 1.64. The predicted octanol–water partition coefficient (Wildman–Crippen LogP) is 1.58. The van der Waals surface area contributed by atoms with E-state index >= 15 is 0 Å². The summed E-state index contributed by atoms with van der Waals surface area (Å²) in [6.07, 6.45) is 1.72. The zero-order valence-electron chi connectivity index (χ0n) is 16.4. The molecule has 3 aromatic heterocycles. The Kier molecular flexibility index (Phi) is 5.10. The Bertz CT molecular complexity index is 1310. The number of hydrogen-bond acceptors (Lipinski definition) is 9. The number of hydrogen-bond donors (Lipinski definition) is 1. The Labute approximate surface area is 171 Å². The minimum Gasteiger partial charge on any atom is -0.497 e. The first kappa shape index (κ1) is 19.8. The van der Waals surface area contributed by atoms with Gasteiger partial charge in [-0.05, 0) is 31.2 Å². The van der Waals surface area contributed by atoms with Crippen LogP contribution in [0.4, 0.5) is 0 Å². The lowest BCUT2D eigenvalue weighted by Gasteiger charge is -2.11. The third-order valence-electron chi connectivity index (χ3n) is 4.34. The molecule has 0 aliphatic rings. The fraction of sp³-hybridized carbons (Fsp3) is 0.222. The Hall–Kier alpha value is -3.51. The van der Waals surface area contributed by atoms with Crippen molar-refractivity contribution in [3.63, 3.8) is 0 Å². The molecule has 0 amide bonds. The maximum absolute atomic E-state index is 12.9. The fourth-order valence-electron chi connectivity index (χ4n) is 2.89. The lowest BCUT2D eigenvalue weighted by Crippen LogP contribution is -2.25. The Morgan fingerprint density at radius 3 is 2.70 bits per heavy atom. The summed E-state index contributed by atoms with van der Waals surface area (Å²) in [7, 11) is -1.07. The van der Waals surface area contributed by atoms with Crippen molar-refractivity contribution >= 4 is 15.7 Å². The molecule has 1 N–H and O–H groups in total. The van der Waals surface area contributed by atoms with Gasteiger partial charge in [0, 0.05) is 12.3 Å². The fourth-order valence-corrected chi connectivity index (χ4v) is 4.05. The molecule has 0 aliphatic carbocycles. The largest absolute Gasteiger partial charge is 0.497 e. The lowest BCUT2D eigenvalue weighted by atomic mass is 10.2. The SMILES string of the molecule is COc1ccc(OC)c(S(=O)(=O)NCc2nnc3c(-c4nc(C)no4)cccn23)c1. The molecule has 0 saturated heterocycles. The average molecular weight is 430 g/mol. The molecule has 0 fully saturated rings. The van der Waals surface area contributed by atoms with Crippen LogP contribution < -0.4 is 14.2 Å². The van der Waals surface area contributed by atoms with Crippen molar-refractivity contribution in [1.82, 2.24) is 29.5 Å². The molecule has 0 aliphatic heterocycles. The van der Waals surface area contributed by atoms with Gasteiger partial charge in [-0.3, -0.25) is 4.40 Å². The molecule has 0 saturated carbocycles. The van der Waals surface area contributed by atoms with Gasteiger partial charge in [-0.25, -0.2) is 13.1 Å². The van der Waals surface area contributed by atoms with E-state index in [0.29, 0.717) is 34.5 Å². The van der Waals surface area contributed by atoms with E-state index in [9.17, 15) is 8.42 Å². The van der Waals surface area contributed by atoms with Crippen LogP contribution >= 0.6 is 0 Å². The van der Waals surface area contributed by atoms with Gasteiger partial charge in [0.2, 0.25) is 10.0 Å². The number of rotatable bonds is 7. The molecule has 3 heterocycles. The van der Waals surface area contributed by atoms with Crippen molar-refractivity contribution in [2.45, 2.75) is 18.4 Å². The summed E-state index contributed by atoms with van der Waals surface area (Å²) < 4.78 is 45.4. The smallest absolute Gasteiger partial charge is 0.261 e. The van der Waals surface area contributed by atoms with Gasteiger partial charge in [0.15, 0.2) is 17.3 Å². The van der Waals surface area contributed by atoms with Gasteiger partial charge in [0.05, 0.1) is 26.3 Å². The van der Waals surface area contributed by atoms with E-state index in [-0.39, 0.29) is 17.2 Å². The Morgan fingerprint density at radius 2 is 2.00 bits per heavy atom. The van der Waals surface area contributed by atoms with Crippen LogP contribution in [0.2, 0.25) is 0 Å². The van der Waals surface area contributed by atoms with E-state index in [1.165, 1.54) is 26.4 Å². The van der Waals surface area contributed by atoms with E-state index in [2.05, 4.69) is 25.1 Å². The van der Waals surface area contributed by atoms with E-state index in [1.54, 1.807) is 35.7 Å². The summed E-state index contributed by atoms with van der Waals surface area (Å²) in [6.45, 7) is 1.61. The first-order valence-electron chi connectivity index (χ1n) is 8.78. The zero-order valence-corrected chi connectivity index (χ0v) is 17.2. The summed E-state index contributed by atoms with van der Waals surface area (Å²) in [5, 5.41) is 12.0. The molecule has 0 atom stereocenters. The first-order chi connectivity index (χ1) is 14.4. The van der Waals surface area contributed by atoms with Crippen LogP contribution in [0.15, 0.2) is 45.9 Å². The molecule has 30 heavy (non-hydrogen) atoms. The van der Waals surface area contributed by atoms with E-state index in [4.69, 9.17) is 14.0 Å². The number of aryl methyl sites for hydroxylation is 1. The number of nitrogens with zero attached hydrogens (tertiary/aromatic N) is 5. The van der Waals surface area contributed by atoms with Crippen LogP contribution in [0.5, 0.6) is 11.5 Å². The second-order valence-electron chi connectivity index (χ2n) is 6.22. The maximum atomic E-state index is 12.9. The van der Waals surface area contributed by atoms with Gasteiger partial charge in [0.1, 0.15) is 16.4 Å². The highest BCUT2D eigenvalue weighted by Crippen LogP contribution is 2.28. The minimum absolute atomic E-state index is 0.0415. The molecular weight excluding hydrogens is 412 g/mol. The number of fused-ring (bicyclic) bond motifs is 1. The molecule has 0 radical (unpaired) electrons. The standard InChI is InChI=1S/C18H18N6O5S/c1-11-20-18(29-23-11)13-5-4-8-24-16(21-22-17(13)24)10-19-30(25,26)15-9-12(27-2)6-7-14(15)28-3/h4-9,19H,10H2,1-3H3. The topological polar surface area (TPSA) is 134 Å². The van der Waals surface area contributed by atoms with Crippen molar-refractivity contribution in [1.29, 1.82) is 0 Å². The van der Waals surface area contributed by atoms with Crippen LogP contribution in [0, 0.1) is 6.92 Å². The summed E-state index contributed by atoms with van der Waals surface area (Å²) in [4.78, 5) is 4.16. The van der Waals surface area contributed by atoms with Crippen molar-refractivity contribution in [3.8, 4) is 23.0 Å². The summed E-state index contributed by atoms with van der Waals surface area (Å²) in [6, 6.07) is 8.06. The third kappa shape index (κ3) is 3.57. The van der Waals surface area contributed by atoms with Crippen molar-refractivity contribution in [2.24, 2.45) is 0 Å². The molecular formula is C18H18N6O5S. The van der Waals surface area contributed by atoms with Gasteiger partial charge in [0.25, 0.3) is 5.89 Å². The molecule has 0 bridgehead atoms. The van der Waals surface area contributed by atoms with Crippen LogP contribution in [0.25, 0.3) is 17.1 Å². The van der Waals surface area contributed by atoms with Gasteiger partial charge < -0.3 is 14.0 Å². The predicted molar refractivity (Wildman–Crippen MR) is 105 cm³/mol. The van der Waals surface area contributed by atoms with Crippen molar-refractivity contribution in [2.75, 3.05) is 14.2 Å². The first-order valence-corrected chi connectivity index (χ1v) is 10.3. The molecule has 1 aromatic carbocycles. The molecule has 4 rings (SSSR count). The quantitative estimate of drug-likeness (QED) is 0.464. The summed E-state index contributed by atoms with van der Waals surface area (Å²) >= 11 is 0. The van der Waals surface area contributed by atoms with Crippen LogP contribution in [0.3, 0.4) is 0 Å². The van der Waals surface area contributed by atoms with Gasteiger partial charge in [-0.2, -0.15) is 4.98 Å². The number of methoxy groups -OCH3 is 2. The number of ether oxygens (including phenoxy) is 2. The number of benzene rings is 1. The highest BCUT2D eigenvalue weighted by Gasteiger charge is 2.22. The number of nitrogens with one attached hydrogen (secondary N) is 1. The van der Waals surface area contributed by atoms with E-state index in [0.717, 1.165) is 0 Å². The van der Waals surface area contributed by atoms with Gasteiger partial charge >= 0.3 is 0 Å². The normalized spacial score (nSPS) is 11.7. The lowest BCUT2D eigenvalue weighted by molar-refractivity contribution is 0.392. The minimum atomic E-state index is -3.92. The third-order valence-corrected chi connectivity index (χ3v) is 5.77. The monoisotopic (exact) mass is 430 g/mol. The van der Waals surface area contributed by atoms with Crippen molar-refractivity contribution in [3.05, 3.63) is 48.2 Å². The highest BCUT2D eigenvalue weighted by atomic mass is 32.2. The second kappa shape index (κ2) is 7.72. The van der Waals surface area contributed by atoms with Crippen LogP contribution in [-0.2, 0) is 16.6 Å². The highest BCUT2D eigenvalue weighted by molar-refractivity contribution is 7.89. The number of aromatic nitrogens is 5. The molecule has 11 nitrogen and oxygen atoms in total. The molecule has 0 unspecified atom stereocenters.